The van der Waals surface area contributed by atoms with Crippen LogP contribution in [0.3, 0.4) is 0 Å². The number of carbonyl (C=O) groups excluding carboxylic acids is 1. The van der Waals surface area contributed by atoms with E-state index in [9.17, 15) is 4.79 Å². The van der Waals surface area contributed by atoms with Gasteiger partial charge in [-0.15, -0.1) is 0 Å². The third kappa shape index (κ3) is 3.24. The summed E-state index contributed by atoms with van der Waals surface area (Å²) in [6.45, 7) is 4.42. The van der Waals surface area contributed by atoms with Gasteiger partial charge in [0.15, 0.2) is 5.69 Å². The molecule has 6 heteroatoms. The second-order valence-electron chi connectivity index (χ2n) is 7.36. The highest BCUT2D eigenvalue weighted by molar-refractivity contribution is 5.96. The molecule has 2 aromatic heterocycles. The average molecular weight is 378 g/mol. The Kier molecular flexibility index (Phi) is 5.05. The molecular weight excluding hydrogens is 352 g/mol. The number of nitrogens with one attached hydrogen (secondary N) is 1. The van der Waals surface area contributed by atoms with Crippen LogP contribution in [0.25, 0.3) is 5.52 Å². The Morgan fingerprint density at radius 2 is 2.11 bits per heavy atom. The Bertz CT molecular complexity index is 997. The maximum atomic E-state index is 12.3. The molecular formula is C22H26N4O2. The number of nitrogens with zero attached hydrogens (tertiary/aromatic N) is 3. The van der Waals surface area contributed by atoms with Crippen molar-refractivity contribution in [1.29, 1.82) is 0 Å². The van der Waals surface area contributed by atoms with Gasteiger partial charge in [-0.2, -0.15) is 5.10 Å². The number of rotatable bonds is 5. The van der Waals surface area contributed by atoms with E-state index >= 15 is 0 Å². The summed E-state index contributed by atoms with van der Waals surface area (Å²) in [4.78, 5) is 14.7. The summed E-state index contributed by atoms with van der Waals surface area (Å²) in [5, 5.41) is 7.24. The van der Waals surface area contributed by atoms with E-state index in [0.717, 1.165) is 41.8 Å². The van der Waals surface area contributed by atoms with E-state index in [1.165, 1.54) is 5.56 Å². The molecule has 3 heterocycles. The summed E-state index contributed by atoms with van der Waals surface area (Å²) in [7, 11) is 3.25. The molecule has 3 aromatic rings. The number of fused-ring (bicyclic) bond motifs is 1. The summed E-state index contributed by atoms with van der Waals surface area (Å²) in [6, 6.07) is 12.9. The SMILES string of the molecule is CNC(=O)c1nn2cc(N3CCC(c4ccccc4)C3)cc(C)c2c1COC. The maximum Gasteiger partial charge on any atom is 0.271 e. The number of pyridine rings is 1. The lowest BCUT2D eigenvalue weighted by atomic mass is 9.99. The molecule has 1 aliphatic rings. The molecule has 0 saturated carbocycles. The fourth-order valence-electron chi connectivity index (χ4n) is 4.18. The first-order valence-electron chi connectivity index (χ1n) is 9.65. The molecule has 1 unspecified atom stereocenters. The fourth-order valence-corrected chi connectivity index (χ4v) is 4.18. The molecule has 1 aromatic carbocycles. The van der Waals surface area contributed by atoms with Crippen molar-refractivity contribution in [2.75, 3.05) is 32.1 Å². The molecule has 1 atom stereocenters. The standard InChI is InChI=1S/C22H26N4O2/c1-15-11-18(25-10-9-17(12-25)16-7-5-4-6-8-16)13-26-21(15)19(14-28-3)20(24-26)22(27)23-2/h4-8,11,13,17H,9-10,12,14H2,1-3H3,(H,23,27). The second-order valence-corrected chi connectivity index (χ2v) is 7.36. The van der Waals surface area contributed by atoms with E-state index in [0.29, 0.717) is 18.2 Å². The first kappa shape index (κ1) is 18.5. The van der Waals surface area contributed by atoms with Gasteiger partial charge in [-0.3, -0.25) is 4.79 Å². The minimum absolute atomic E-state index is 0.193. The van der Waals surface area contributed by atoms with Crippen LogP contribution in [0.2, 0.25) is 0 Å². The van der Waals surface area contributed by atoms with Crippen LogP contribution in [0.5, 0.6) is 0 Å². The van der Waals surface area contributed by atoms with Crippen molar-refractivity contribution < 1.29 is 9.53 Å². The molecule has 1 amide bonds. The van der Waals surface area contributed by atoms with Crippen molar-refractivity contribution >= 4 is 17.1 Å². The lowest BCUT2D eigenvalue weighted by Crippen LogP contribution is -2.20. The fraction of sp³-hybridized carbons (Fsp3) is 0.364. The Morgan fingerprint density at radius 1 is 1.32 bits per heavy atom. The zero-order valence-corrected chi connectivity index (χ0v) is 16.6. The summed E-state index contributed by atoms with van der Waals surface area (Å²) >= 11 is 0. The van der Waals surface area contributed by atoms with Crippen LogP contribution < -0.4 is 10.2 Å². The van der Waals surface area contributed by atoms with E-state index < -0.39 is 0 Å². The minimum atomic E-state index is -0.193. The largest absolute Gasteiger partial charge is 0.380 e. The third-order valence-corrected chi connectivity index (χ3v) is 5.56. The first-order valence-corrected chi connectivity index (χ1v) is 9.65. The van der Waals surface area contributed by atoms with Crippen LogP contribution >= 0.6 is 0 Å². The smallest absolute Gasteiger partial charge is 0.271 e. The Hall–Kier alpha value is -2.86. The minimum Gasteiger partial charge on any atom is -0.380 e. The van der Waals surface area contributed by atoms with Crippen LogP contribution in [-0.4, -0.2) is 42.8 Å². The van der Waals surface area contributed by atoms with Gasteiger partial charge in [0.05, 0.1) is 24.0 Å². The number of hydrogen-bond donors (Lipinski definition) is 1. The molecule has 1 saturated heterocycles. The van der Waals surface area contributed by atoms with Crippen molar-refractivity contribution in [3.8, 4) is 0 Å². The average Bonchev–Trinajstić information content (AvgIpc) is 3.34. The molecule has 6 nitrogen and oxygen atoms in total. The van der Waals surface area contributed by atoms with Gasteiger partial charge in [0.1, 0.15) is 0 Å². The number of carbonyl (C=O) groups is 1. The highest BCUT2D eigenvalue weighted by Crippen LogP contribution is 2.32. The lowest BCUT2D eigenvalue weighted by Gasteiger charge is -2.20. The van der Waals surface area contributed by atoms with E-state index in [1.54, 1.807) is 14.2 Å². The molecule has 0 aliphatic carbocycles. The number of ether oxygens (including phenoxy) is 1. The summed E-state index contributed by atoms with van der Waals surface area (Å²) < 4.78 is 7.17. The lowest BCUT2D eigenvalue weighted by molar-refractivity contribution is 0.0953. The molecule has 1 N–H and O–H groups in total. The van der Waals surface area contributed by atoms with Crippen LogP contribution in [0.4, 0.5) is 5.69 Å². The summed E-state index contributed by atoms with van der Waals surface area (Å²) in [5.41, 5.74) is 5.82. The number of methoxy groups -OCH3 is 1. The zero-order chi connectivity index (χ0) is 19.7. The number of aromatic nitrogens is 2. The second kappa shape index (κ2) is 7.64. The van der Waals surface area contributed by atoms with Gasteiger partial charge in [0.25, 0.3) is 5.91 Å². The van der Waals surface area contributed by atoms with Gasteiger partial charge >= 0.3 is 0 Å². The number of anilines is 1. The third-order valence-electron chi connectivity index (χ3n) is 5.56. The van der Waals surface area contributed by atoms with Crippen LogP contribution in [-0.2, 0) is 11.3 Å². The van der Waals surface area contributed by atoms with Gasteiger partial charge in [0.2, 0.25) is 0 Å². The van der Waals surface area contributed by atoms with E-state index in [4.69, 9.17) is 4.74 Å². The first-order chi connectivity index (χ1) is 13.6. The molecule has 0 bridgehead atoms. The normalized spacial score (nSPS) is 16.7. The number of benzene rings is 1. The topological polar surface area (TPSA) is 58.9 Å². The highest BCUT2D eigenvalue weighted by atomic mass is 16.5. The van der Waals surface area contributed by atoms with Gasteiger partial charge in [-0.05, 0) is 30.5 Å². The number of aryl methyl sites for hydroxylation is 1. The van der Waals surface area contributed by atoms with E-state index in [1.807, 2.05) is 10.7 Å². The van der Waals surface area contributed by atoms with Crippen LogP contribution in [0, 0.1) is 6.92 Å². The molecule has 28 heavy (non-hydrogen) atoms. The number of amides is 1. The molecule has 0 radical (unpaired) electrons. The summed E-state index contributed by atoms with van der Waals surface area (Å²) in [5.74, 6) is 0.349. The van der Waals surface area contributed by atoms with Crippen molar-refractivity contribution in [3.05, 3.63) is 65.0 Å². The molecule has 1 fully saturated rings. The molecule has 146 valence electrons. The monoisotopic (exact) mass is 378 g/mol. The van der Waals surface area contributed by atoms with Gasteiger partial charge in [-0.1, -0.05) is 30.3 Å². The molecule has 0 spiro atoms. The van der Waals surface area contributed by atoms with Gasteiger partial charge in [0, 0.05) is 38.7 Å². The zero-order valence-electron chi connectivity index (χ0n) is 16.6. The van der Waals surface area contributed by atoms with Crippen molar-refractivity contribution in [3.63, 3.8) is 0 Å². The predicted molar refractivity (Wildman–Crippen MR) is 110 cm³/mol. The maximum absolute atomic E-state index is 12.3. The van der Waals surface area contributed by atoms with E-state index in [2.05, 4.69) is 58.6 Å². The quantitative estimate of drug-likeness (QED) is 0.741. The Balaban J connectivity index is 1.69. The van der Waals surface area contributed by atoms with Crippen molar-refractivity contribution in [2.24, 2.45) is 0 Å². The summed E-state index contributed by atoms with van der Waals surface area (Å²) in [6.07, 6.45) is 3.17. The Morgan fingerprint density at radius 3 is 2.82 bits per heavy atom. The molecule has 1 aliphatic heterocycles. The predicted octanol–water partition coefficient (Wildman–Crippen LogP) is 3.14. The Labute approximate surface area is 165 Å². The molecule has 4 rings (SSSR count). The van der Waals surface area contributed by atoms with Crippen LogP contribution in [0.15, 0.2) is 42.6 Å². The van der Waals surface area contributed by atoms with Crippen molar-refractivity contribution in [2.45, 2.75) is 25.9 Å². The van der Waals surface area contributed by atoms with Crippen molar-refractivity contribution in [1.82, 2.24) is 14.9 Å². The number of hydrogen-bond acceptors (Lipinski definition) is 4. The van der Waals surface area contributed by atoms with Crippen LogP contribution in [0.1, 0.15) is 39.5 Å². The van der Waals surface area contributed by atoms with E-state index in [-0.39, 0.29) is 5.91 Å². The van der Waals surface area contributed by atoms with Gasteiger partial charge < -0.3 is 15.0 Å². The van der Waals surface area contributed by atoms with Gasteiger partial charge in [-0.25, -0.2) is 4.52 Å². The highest BCUT2D eigenvalue weighted by Gasteiger charge is 2.26.